The molecular weight excluding hydrogens is 464 g/mol. The van der Waals surface area contributed by atoms with E-state index in [1.807, 2.05) is 18.2 Å². The Balaban J connectivity index is 1.47. The fourth-order valence-corrected chi connectivity index (χ4v) is 3.94. The Kier molecular flexibility index (Phi) is 6.61. The molecule has 6 nitrogen and oxygen atoms in total. The zero-order valence-electron chi connectivity index (χ0n) is 17.1. The number of ether oxygens (including phenoxy) is 3. The summed E-state index contributed by atoms with van der Waals surface area (Å²) in [5.74, 6) is 0.630. The van der Waals surface area contributed by atoms with Gasteiger partial charge in [0.15, 0.2) is 6.10 Å². The largest absolute Gasteiger partial charge is 0.479 e. The highest BCUT2D eigenvalue weighted by molar-refractivity contribution is 9.10. The number of carbonyl (C=O) groups is 1. The summed E-state index contributed by atoms with van der Waals surface area (Å²) in [7, 11) is 0. The first-order chi connectivity index (χ1) is 15.0. The first-order valence-corrected chi connectivity index (χ1v) is 11.2. The van der Waals surface area contributed by atoms with E-state index in [1.54, 1.807) is 31.2 Å². The van der Waals surface area contributed by atoms with Gasteiger partial charge in [-0.25, -0.2) is 4.79 Å². The van der Waals surface area contributed by atoms with Gasteiger partial charge in [-0.2, -0.15) is 0 Å². The van der Waals surface area contributed by atoms with E-state index in [0.29, 0.717) is 22.5 Å². The molecule has 1 aromatic heterocycles. The van der Waals surface area contributed by atoms with E-state index in [-0.39, 0.29) is 23.3 Å². The molecule has 1 fully saturated rings. The van der Waals surface area contributed by atoms with Crippen molar-refractivity contribution in [2.45, 2.75) is 51.2 Å². The number of esters is 1. The zero-order valence-corrected chi connectivity index (χ0v) is 18.7. The summed E-state index contributed by atoms with van der Waals surface area (Å²) in [5.41, 5.74) is 0.0446. The maximum absolute atomic E-state index is 12.8. The summed E-state index contributed by atoms with van der Waals surface area (Å²) >= 11 is 3.39. The second-order valence-corrected chi connectivity index (χ2v) is 8.43. The molecular formula is C24H23BrO6. The number of carbonyl (C=O) groups excluding carboxylic acids is 1. The van der Waals surface area contributed by atoms with Crippen molar-refractivity contribution in [3.8, 4) is 17.2 Å². The molecule has 0 radical (unpaired) electrons. The molecule has 1 saturated carbocycles. The lowest BCUT2D eigenvalue weighted by molar-refractivity contribution is -0.158. The maximum Gasteiger partial charge on any atom is 0.347 e. The average molecular weight is 487 g/mol. The Hall–Kier alpha value is -2.80. The molecule has 7 heteroatoms. The van der Waals surface area contributed by atoms with Crippen LogP contribution < -0.4 is 14.9 Å². The number of rotatable bonds is 6. The summed E-state index contributed by atoms with van der Waals surface area (Å²) in [5, 5.41) is 0.356. The highest BCUT2D eigenvalue weighted by Crippen LogP contribution is 2.29. The van der Waals surface area contributed by atoms with Crippen LogP contribution in [0.15, 0.2) is 62.4 Å². The smallest absolute Gasteiger partial charge is 0.347 e. The predicted molar refractivity (Wildman–Crippen MR) is 120 cm³/mol. The van der Waals surface area contributed by atoms with Crippen LogP contribution in [0.5, 0.6) is 17.2 Å². The molecule has 1 atom stereocenters. The number of hydrogen-bond donors (Lipinski definition) is 0. The Morgan fingerprint density at radius 3 is 2.65 bits per heavy atom. The van der Waals surface area contributed by atoms with Crippen LogP contribution >= 0.6 is 15.9 Å². The summed E-state index contributed by atoms with van der Waals surface area (Å²) in [6.07, 6.45) is 5.67. The molecule has 1 aliphatic carbocycles. The Labute approximate surface area is 188 Å². The third-order valence-corrected chi connectivity index (χ3v) is 5.91. The monoisotopic (exact) mass is 486 g/mol. The molecule has 31 heavy (non-hydrogen) atoms. The number of hydrogen-bond acceptors (Lipinski definition) is 6. The van der Waals surface area contributed by atoms with Crippen LogP contribution in [0.1, 0.15) is 39.0 Å². The SMILES string of the molecule is C[C@H](Oc1ccc2c(=O)c(Oc3ccccc3Br)coc2c1)C(=O)OC1CCCCC1. The fraction of sp³-hybridized carbons (Fsp3) is 0.333. The molecule has 1 heterocycles. The van der Waals surface area contributed by atoms with E-state index in [1.165, 1.54) is 12.7 Å². The molecule has 0 spiro atoms. The first kappa shape index (κ1) is 21.4. The van der Waals surface area contributed by atoms with Crippen LogP contribution in [0.25, 0.3) is 11.0 Å². The average Bonchev–Trinajstić information content (AvgIpc) is 2.78. The van der Waals surface area contributed by atoms with Crippen molar-refractivity contribution in [3.63, 3.8) is 0 Å². The molecule has 2 aromatic carbocycles. The maximum atomic E-state index is 12.8. The lowest BCUT2D eigenvalue weighted by Gasteiger charge is -2.23. The lowest BCUT2D eigenvalue weighted by Crippen LogP contribution is -2.31. The van der Waals surface area contributed by atoms with Crippen molar-refractivity contribution < 1.29 is 23.4 Å². The highest BCUT2D eigenvalue weighted by Gasteiger charge is 2.23. The van der Waals surface area contributed by atoms with E-state index >= 15 is 0 Å². The van der Waals surface area contributed by atoms with Crippen LogP contribution in [0.4, 0.5) is 0 Å². The van der Waals surface area contributed by atoms with Gasteiger partial charge in [-0.3, -0.25) is 4.79 Å². The second kappa shape index (κ2) is 9.56. The highest BCUT2D eigenvalue weighted by atomic mass is 79.9. The van der Waals surface area contributed by atoms with Crippen molar-refractivity contribution >= 4 is 32.9 Å². The standard InChI is InChI=1S/C24H23BrO6/c1-15(24(27)30-16-7-3-2-4-8-16)29-17-11-12-18-21(13-17)28-14-22(23(18)26)31-20-10-6-5-9-19(20)25/h5-6,9-16H,2-4,7-8H2,1H3/t15-/m0/s1. The third kappa shape index (κ3) is 5.10. The van der Waals surface area contributed by atoms with Crippen LogP contribution in [0.3, 0.4) is 0 Å². The Morgan fingerprint density at radius 1 is 1.10 bits per heavy atom. The summed E-state index contributed by atoms with van der Waals surface area (Å²) in [4.78, 5) is 25.1. The van der Waals surface area contributed by atoms with E-state index in [0.717, 1.165) is 30.2 Å². The van der Waals surface area contributed by atoms with Crippen molar-refractivity contribution in [2.75, 3.05) is 0 Å². The van der Waals surface area contributed by atoms with E-state index in [4.69, 9.17) is 18.6 Å². The topological polar surface area (TPSA) is 75.0 Å². The van der Waals surface area contributed by atoms with Crippen LogP contribution in [0.2, 0.25) is 0 Å². The zero-order chi connectivity index (χ0) is 21.8. The Morgan fingerprint density at radius 2 is 1.87 bits per heavy atom. The second-order valence-electron chi connectivity index (χ2n) is 7.58. The van der Waals surface area contributed by atoms with Crippen molar-refractivity contribution in [2.24, 2.45) is 0 Å². The van der Waals surface area contributed by atoms with Crippen molar-refractivity contribution in [1.29, 1.82) is 0 Å². The number of benzene rings is 2. The summed E-state index contributed by atoms with van der Waals surface area (Å²) in [6, 6.07) is 12.1. The van der Waals surface area contributed by atoms with Gasteiger partial charge in [0.05, 0.1) is 9.86 Å². The van der Waals surface area contributed by atoms with Crippen LogP contribution in [-0.4, -0.2) is 18.2 Å². The van der Waals surface area contributed by atoms with Gasteiger partial charge in [-0.1, -0.05) is 18.6 Å². The minimum Gasteiger partial charge on any atom is -0.479 e. The Bertz CT molecular complexity index is 1130. The van der Waals surface area contributed by atoms with E-state index in [2.05, 4.69) is 15.9 Å². The quantitative estimate of drug-likeness (QED) is 0.398. The molecule has 0 N–H and O–H groups in total. The van der Waals surface area contributed by atoms with E-state index in [9.17, 15) is 9.59 Å². The molecule has 0 unspecified atom stereocenters. The third-order valence-electron chi connectivity index (χ3n) is 5.25. The van der Waals surface area contributed by atoms with Gasteiger partial charge in [-0.15, -0.1) is 0 Å². The minimum absolute atomic E-state index is 0.0232. The van der Waals surface area contributed by atoms with Gasteiger partial charge in [-0.05, 0) is 72.8 Å². The molecule has 1 aliphatic rings. The first-order valence-electron chi connectivity index (χ1n) is 10.4. The molecule has 4 rings (SSSR count). The van der Waals surface area contributed by atoms with Gasteiger partial charge >= 0.3 is 5.97 Å². The predicted octanol–water partition coefficient (Wildman–Crippen LogP) is 5.99. The van der Waals surface area contributed by atoms with E-state index < -0.39 is 6.10 Å². The molecule has 162 valence electrons. The van der Waals surface area contributed by atoms with Gasteiger partial charge < -0.3 is 18.6 Å². The minimum atomic E-state index is -0.760. The molecule has 0 amide bonds. The number of halogens is 1. The number of para-hydroxylation sites is 1. The van der Waals surface area contributed by atoms with Gasteiger partial charge in [0.25, 0.3) is 0 Å². The van der Waals surface area contributed by atoms with Crippen molar-refractivity contribution in [1.82, 2.24) is 0 Å². The van der Waals surface area contributed by atoms with Gasteiger partial charge in [0.2, 0.25) is 11.2 Å². The van der Waals surface area contributed by atoms with Gasteiger partial charge in [0.1, 0.15) is 29.4 Å². The summed E-state index contributed by atoms with van der Waals surface area (Å²) in [6.45, 7) is 1.65. The van der Waals surface area contributed by atoms with Crippen LogP contribution in [0, 0.1) is 0 Å². The molecule has 0 aliphatic heterocycles. The molecule has 0 bridgehead atoms. The van der Waals surface area contributed by atoms with Crippen molar-refractivity contribution in [3.05, 3.63) is 63.4 Å². The molecule has 0 saturated heterocycles. The lowest BCUT2D eigenvalue weighted by atomic mass is 9.98. The number of fused-ring (bicyclic) bond motifs is 1. The summed E-state index contributed by atoms with van der Waals surface area (Å²) < 4.78 is 23.3. The normalized spacial score (nSPS) is 15.4. The molecule has 3 aromatic rings. The fourth-order valence-electron chi connectivity index (χ4n) is 3.58. The van der Waals surface area contributed by atoms with Crippen LogP contribution in [-0.2, 0) is 9.53 Å². The van der Waals surface area contributed by atoms with Gasteiger partial charge in [0, 0.05) is 6.07 Å².